The maximum absolute atomic E-state index is 5.75. The maximum atomic E-state index is 5.75. The number of nitrogens with two attached hydrogens (primary N) is 1. The lowest BCUT2D eigenvalue weighted by Crippen LogP contribution is -1.96. The first-order valence-corrected chi connectivity index (χ1v) is 6.89. The van der Waals surface area contributed by atoms with Gasteiger partial charge < -0.3 is 10.5 Å². The third-order valence-electron chi connectivity index (χ3n) is 2.93. The zero-order valence-corrected chi connectivity index (χ0v) is 11.8. The highest BCUT2D eigenvalue weighted by Crippen LogP contribution is 2.33. The van der Waals surface area contributed by atoms with E-state index in [-0.39, 0.29) is 0 Å². The molecular formula is C14H18N2OS. The Kier molecular flexibility index (Phi) is 3.87. The second-order valence-corrected chi connectivity index (χ2v) is 5.29. The van der Waals surface area contributed by atoms with Crippen LogP contribution in [-0.2, 0) is 0 Å². The van der Waals surface area contributed by atoms with E-state index in [1.807, 2.05) is 26.0 Å². The summed E-state index contributed by atoms with van der Waals surface area (Å²) in [4.78, 5) is 5.51. The molecule has 1 aromatic carbocycles. The minimum atomic E-state index is 0.315. The number of thiazole rings is 1. The average Bonchev–Trinajstić information content (AvgIpc) is 2.69. The van der Waals surface area contributed by atoms with Gasteiger partial charge in [0, 0.05) is 10.8 Å². The third kappa shape index (κ3) is 2.64. The van der Waals surface area contributed by atoms with Crippen molar-refractivity contribution in [3.05, 3.63) is 40.4 Å². The van der Waals surface area contributed by atoms with E-state index in [0.717, 1.165) is 11.4 Å². The molecular weight excluding hydrogens is 244 g/mol. The van der Waals surface area contributed by atoms with Crippen LogP contribution in [0.5, 0.6) is 5.75 Å². The van der Waals surface area contributed by atoms with Crippen LogP contribution in [-0.4, -0.2) is 11.6 Å². The van der Waals surface area contributed by atoms with Gasteiger partial charge in [-0.05, 0) is 31.5 Å². The fourth-order valence-corrected chi connectivity index (χ4v) is 2.92. The summed E-state index contributed by atoms with van der Waals surface area (Å²) in [5, 5.41) is 0.639. The molecule has 0 saturated carbocycles. The van der Waals surface area contributed by atoms with Gasteiger partial charge in [0.05, 0.1) is 12.3 Å². The minimum absolute atomic E-state index is 0.315. The molecule has 0 aliphatic rings. The van der Waals surface area contributed by atoms with Gasteiger partial charge in [0.25, 0.3) is 0 Å². The largest absolute Gasteiger partial charge is 0.494 e. The lowest BCUT2D eigenvalue weighted by Gasteiger charge is -2.11. The molecule has 2 rings (SSSR count). The number of aromatic nitrogens is 1. The normalized spacial score (nSPS) is 12.4. The molecule has 1 heterocycles. The predicted octanol–water partition coefficient (Wildman–Crippen LogP) is 3.58. The number of hydrogen-bond donors (Lipinski definition) is 1. The van der Waals surface area contributed by atoms with Gasteiger partial charge in [0.15, 0.2) is 5.13 Å². The molecule has 1 aromatic heterocycles. The molecule has 0 radical (unpaired) electrons. The van der Waals surface area contributed by atoms with Gasteiger partial charge in [0.2, 0.25) is 0 Å². The molecule has 0 aliphatic heterocycles. The molecule has 0 aliphatic carbocycles. The highest BCUT2D eigenvalue weighted by Gasteiger charge is 2.15. The summed E-state index contributed by atoms with van der Waals surface area (Å²) in [5.41, 5.74) is 8.03. The van der Waals surface area contributed by atoms with Crippen LogP contribution in [0.1, 0.15) is 35.9 Å². The first kappa shape index (κ1) is 12.9. The Morgan fingerprint density at radius 3 is 2.50 bits per heavy atom. The Morgan fingerprint density at radius 1 is 1.33 bits per heavy atom. The summed E-state index contributed by atoms with van der Waals surface area (Å²) in [6.45, 7) is 6.86. The highest BCUT2D eigenvalue weighted by molar-refractivity contribution is 7.15. The van der Waals surface area contributed by atoms with Crippen molar-refractivity contribution >= 4 is 16.5 Å². The molecule has 2 N–H and O–H groups in total. The van der Waals surface area contributed by atoms with Gasteiger partial charge in [-0.1, -0.05) is 19.1 Å². The molecule has 1 unspecified atom stereocenters. The van der Waals surface area contributed by atoms with Crippen molar-refractivity contribution in [3.63, 3.8) is 0 Å². The van der Waals surface area contributed by atoms with Gasteiger partial charge in [0.1, 0.15) is 5.75 Å². The van der Waals surface area contributed by atoms with Crippen LogP contribution in [0.15, 0.2) is 24.3 Å². The summed E-state index contributed by atoms with van der Waals surface area (Å²) in [5.74, 6) is 1.23. The lowest BCUT2D eigenvalue weighted by atomic mass is 9.98. The molecule has 2 aromatic rings. The maximum Gasteiger partial charge on any atom is 0.180 e. The third-order valence-corrected chi connectivity index (χ3v) is 4.10. The smallest absolute Gasteiger partial charge is 0.180 e. The molecule has 4 heteroatoms. The van der Waals surface area contributed by atoms with Crippen LogP contribution in [0.2, 0.25) is 0 Å². The molecule has 0 fully saturated rings. The van der Waals surface area contributed by atoms with Crippen LogP contribution in [0, 0.1) is 6.92 Å². The number of nitrogens with zero attached hydrogens (tertiary/aromatic N) is 1. The van der Waals surface area contributed by atoms with E-state index in [0.29, 0.717) is 17.7 Å². The van der Waals surface area contributed by atoms with E-state index in [2.05, 4.69) is 24.0 Å². The Labute approximate surface area is 112 Å². The molecule has 1 atom stereocenters. The van der Waals surface area contributed by atoms with Crippen molar-refractivity contribution in [2.45, 2.75) is 26.7 Å². The van der Waals surface area contributed by atoms with Gasteiger partial charge in [-0.25, -0.2) is 4.98 Å². The Bertz CT molecular complexity index is 519. The van der Waals surface area contributed by atoms with Crippen LogP contribution in [0.25, 0.3) is 0 Å². The van der Waals surface area contributed by atoms with E-state index in [1.165, 1.54) is 10.4 Å². The number of hydrogen-bond acceptors (Lipinski definition) is 4. The molecule has 18 heavy (non-hydrogen) atoms. The van der Waals surface area contributed by atoms with Crippen molar-refractivity contribution in [1.82, 2.24) is 4.98 Å². The molecule has 0 saturated heterocycles. The topological polar surface area (TPSA) is 48.1 Å². The summed E-state index contributed by atoms with van der Waals surface area (Å²) < 4.78 is 5.44. The molecule has 0 spiro atoms. The lowest BCUT2D eigenvalue weighted by molar-refractivity contribution is 0.340. The van der Waals surface area contributed by atoms with Gasteiger partial charge >= 0.3 is 0 Å². The average molecular weight is 262 g/mol. The van der Waals surface area contributed by atoms with Gasteiger partial charge in [-0.3, -0.25) is 0 Å². The van der Waals surface area contributed by atoms with Crippen molar-refractivity contribution < 1.29 is 4.74 Å². The van der Waals surface area contributed by atoms with Gasteiger partial charge in [-0.15, -0.1) is 11.3 Å². The summed E-state index contributed by atoms with van der Waals surface area (Å²) in [6.07, 6.45) is 0. The summed E-state index contributed by atoms with van der Waals surface area (Å²) in [7, 11) is 0. The first-order valence-electron chi connectivity index (χ1n) is 6.07. The van der Waals surface area contributed by atoms with Crippen LogP contribution in [0.3, 0.4) is 0 Å². The zero-order chi connectivity index (χ0) is 13.1. The van der Waals surface area contributed by atoms with E-state index in [9.17, 15) is 0 Å². The van der Waals surface area contributed by atoms with Crippen molar-refractivity contribution in [2.24, 2.45) is 0 Å². The quantitative estimate of drug-likeness (QED) is 0.916. The molecule has 3 nitrogen and oxygen atoms in total. The number of nitrogen functional groups attached to an aromatic ring is 1. The number of rotatable bonds is 4. The molecule has 96 valence electrons. The van der Waals surface area contributed by atoms with Crippen molar-refractivity contribution in [1.29, 1.82) is 0 Å². The zero-order valence-electron chi connectivity index (χ0n) is 10.9. The monoisotopic (exact) mass is 262 g/mol. The second-order valence-electron chi connectivity index (χ2n) is 4.23. The number of aryl methyl sites for hydroxylation is 1. The number of ether oxygens (including phenoxy) is 1. The predicted molar refractivity (Wildman–Crippen MR) is 76.4 cm³/mol. The fourth-order valence-electron chi connectivity index (χ4n) is 2.00. The summed E-state index contributed by atoms with van der Waals surface area (Å²) >= 11 is 1.57. The summed E-state index contributed by atoms with van der Waals surface area (Å²) in [6, 6.07) is 8.22. The highest BCUT2D eigenvalue weighted by atomic mass is 32.1. The standard InChI is InChI=1S/C14H18N2OS/c1-4-17-12-7-5-11(6-8-12)9(2)13-10(3)16-14(15)18-13/h5-9H,4H2,1-3H3,(H2,15,16). The van der Waals surface area contributed by atoms with E-state index in [4.69, 9.17) is 10.5 Å². The minimum Gasteiger partial charge on any atom is -0.494 e. The van der Waals surface area contributed by atoms with Crippen molar-refractivity contribution in [2.75, 3.05) is 12.3 Å². The Balaban J connectivity index is 2.23. The van der Waals surface area contributed by atoms with E-state index >= 15 is 0 Å². The number of anilines is 1. The SMILES string of the molecule is CCOc1ccc(C(C)c2sc(N)nc2C)cc1. The van der Waals surface area contributed by atoms with Crippen LogP contribution >= 0.6 is 11.3 Å². The Morgan fingerprint density at radius 2 is 2.00 bits per heavy atom. The number of benzene rings is 1. The van der Waals surface area contributed by atoms with E-state index < -0.39 is 0 Å². The van der Waals surface area contributed by atoms with E-state index in [1.54, 1.807) is 11.3 Å². The second kappa shape index (κ2) is 5.40. The molecule has 0 bridgehead atoms. The van der Waals surface area contributed by atoms with Crippen molar-refractivity contribution in [3.8, 4) is 5.75 Å². The first-order chi connectivity index (χ1) is 8.61. The Hall–Kier alpha value is -1.55. The van der Waals surface area contributed by atoms with Crippen LogP contribution in [0.4, 0.5) is 5.13 Å². The molecule has 0 amide bonds. The van der Waals surface area contributed by atoms with Crippen LogP contribution < -0.4 is 10.5 Å². The fraction of sp³-hybridized carbons (Fsp3) is 0.357. The van der Waals surface area contributed by atoms with Gasteiger partial charge in [-0.2, -0.15) is 0 Å².